The summed E-state index contributed by atoms with van der Waals surface area (Å²) in [7, 11) is 0. The number of rotatable bonds is 3. The molecule has 2 N–H and O–H groups in total. The van der Waals surface area contributed by atoms with Crippen molar-refractivity contribution in [3.63, 3.8) is 0 Å². The minimum Gasteiger partial charge on any atom is -0.444 e. The Morgan fingerprint density at radius 3 is 2.96 bits per heavy atom. The van der Waals surface area contributed by atoms with Gasteiger partial charge in [0.2, 0.25) is 0 Å². The van der Waals surface area contributed by atoms with Crippen LogP contribution in [0, 0.1) is 0 Å². The number of carbonyl (C=O) groups excluding carboxylic acids is 2. The Kier molecular flexibility index (Phi) is 4.12. The number of hydrogen-bond donors (Lipinski definition) is 2. The predicted molar refractivity (Wildman–Crippen MR) is 81.1 cm³/mol. The van der Waals surface area contributed by atoms with Gasteiger partial charge in [0.05, 0.1) is 18.6 Å². The number of carbonyl (C=O) groups is 2. The van der Waals surface area contributed by atoms with Crippen molar-refractivity contribution in [2.24, 2.45) is 0 Å². The van der Waals surface area contributed by atoms with E-state index in [1.165, 1.54) is 0 Å². The highest BCUT2D eigenvalue weighted by molar-refractivity contribution is 5.76. The van der Waals surface area contributed by atoms with E-state index >= 15 is 0 Å². The van der Waals surface area contributed by atoms with Crippen LogP contribution in [0.2, 0.25) is 0 Å². The van der Waals surface area contributed by atoms with Crippen molar-refractivity contribution in [3.8, 4) is 0 Å². The zero-order valence-corrected chi connectivity index (χ0v) is 14.0. The third-order valence-electron chi connectivity index (χ3n) is 4.07. The molecular formula is C15H22N4O5. The first-order valence-electron chi connectivity index (χ1n) is 7.95. The Labute approximate surface area is 139 Å². The van der Waals surface area contributed by atoms with Crippen LogP contribution in [0.4, 0.5) is 9.59 Å². The highest BCUT2D eigenvalue weighted by Crippen LogP contribution is 2.37. The lowest BCUT2D eigenvalue weighted by atomic mass is 9.98. The summed E-state index contributed by atoms with van der Waals surface area (Å²) in [5.74, 6) is 0.477. The van der Waals surface area contributed by atoms with E-state index in [0.717, 1.165) is 5.06 Å². The number of amides is 3. The van der Waals surface area contributed by atoms with Crippen LogP contribution in [0.3, 0.4) is 0 Å². The van der Waals surface area contributed by atoms with Crippen LogP contribution in [0.5, 0.6) is 0 Å². The molecule has 3 rings (SSSR count). The number of hydroxylamine groups is 2. The van der Waals surface area contributed by atoms with Gasteiger partial charge in [0, 0.05) is 12.6 Å². The van der Waals surface area contributed by atoms with Gasteiger partial charge in [-0.25, -0.2) is 14.7 Å². The van der Waals surface area contributed by atoms with Crippen LogP contribution in [-0.2, 0) is 11.3 Å². The molecule has 2 atom stereocenters. The molecule has 24 heavy (non-hydrogen) atoms. The summed E-state index contributed by atoms with van der Waals surface area (Å²) in [5.41, 5.74) is 0.0554. The highest BCUT2D eigenvalue weighted by Gasteiger charge is 2.45. The van der Waals surface area contributed by atoms with Crippen molar-refractivity contribution >= 4 is 12.1 Å². The van der Waals surface area contributed by atoms with Crippen molar-refractivity contribution in [3.05, 3.63) is 17.5 Å². The molecule has 1 aromatic heterocycles. The summed E-state index contributed by atoms with van der Waals surface area (Å²) < 4.78 is 10.4. The van der Waals surface area contributed by atoms with Crippen molar-refractivity contribution in [2.75, 3.05) is 6.54 Å². The van der Waals surface area contributed by atoms with Crippen LogP contribution in [-0.4, -0.2) is 50.6 Å². The molecular weight excluding hydrogens is 316 g/mol. The van der Waals surface area contributed by atoms with Gasteiger partial charge in [-0.2, -0.15) is 0 Å². The van der Waals surface area contributed by atoms with Crippen LogP contribution in [0.15, 0.2) is 10.6 Å². The molecule has 0 radical (unpaired) electrons. The van der Waals surface area contributed by atoms with E-state index in [4.69, 9.17) is 9.26 Å². The molecule has 3 amide bonds. The number of fused-ring (bicyclic) bond motifs is 2. The van der Waals surface area contributed by atoms with Gasteiger partial charge in [-0.05, 0) is 33.6 Å². The number of urea groups is 1. The van der Waals surface area contributed by atoms with E-state index < -0.39 is 17.7 Å². The molecule has 132 valence electrons. The number of aromatic nitrogens is 1. The molecule has 0 aliphatic carbocycles. The first kappa shape index (κ1) is 16.6. The third kappa shape index (κ3) is 3.30. The van der Waals surface area contributed by atoms with E-state index in [1.54, 1.807) is 31.7 Å². The Balaban J connectivity index is 1.60. The summed E-state index contributed by atoms with van der Waals surface area (Å²) in [6.45, 7) is 5.99. The largest absolute Gasteiger partial charge is 0.444 e. The van der Waals surface area contributed by atoms with Gasteiger partial charge in [0.1, 0.15) is 11.3 Å². The molecule has 9 nitrogen and oxygen atoms in total. The fraction of sp³-hybridized carbons (Fsp3) is 0.667. The summed E-state index contributed by atoms with van der Waals surface area (Å²) in [5, 5.41) is 17.1. The fourth-order valence-corrected chi connectivity index (χ4v) is 3.00. The lowest BCUT2D eigenvalue weighted by Crippen LogP contribution is -2.34. The van der Waals surface area contributed by atoms with Crippen LogP contribution in [0.1, 0.15) is 51.1 Å². The molecule has 2 aliphatic rings. The maximum Gasteiger partial charge on any atom is 0.408 e. The van der Waals surface area contributed by atoms with Gasteiger partial charge in [-0.1, -0.05) is 5.16 Å². The van der Waals surface area contributed by atoms with E-state index in [9.17, 15) is 14.8 Å². The molecule has 0 aromatic carbocycles. The van der Waals surface area contributed by atoms with Crippen molar-refractivity contribution in [1.82, 2.24) is 20.4 Å². The van der Waals surface area contributed by atoms with Crippen LogP contribution >= 0.6 is 0 Å². The zero-order valence-electron chi connectivity index (χ0n) is 14.0. The average Bonchev–Trinajstić information content (AvgIpc) is 3.05. The minimum absolute atomic E-state index is 0.144. The minimum atomic E-state index is -0.568. The second kappa shape index (κ2) is 5.97. The third-order valence-corrected chi connectivity index (χ3v) is 4.07. The molecule has 2 fully saturated rings. The lowest BCUT2D eigenvalue weighted by Gasteiger charge is -2.28. The van der Waals surface area contributed by atoms with Gasteiger partial charge in [-0.15, -0.1) is 0 Å². The Hall–Kier alpha value is -2.29. The van der Waals surface area contributed by atoms with Gasteiger partial charge >= 0.3 is 12.1 Å². The Morgan fingerprint density at radius 2 is 2.25 bits per heavy atom. The number of nitrogens with zero attached hydrogens (tertiary/aromatic N) is 3. The lowest BCUT2D eigenvalue weighted by molar-refractivity contribution is -0.0584. The smallest absolute Gasteiger partial charge is 0.408 e. The van der Waals surface area contributed by atoms with Crippen molar-refractivity contribution < 1.29 is 24.1 Å². The number of alkyl carbamates (subject to hydrolysis) is 1. The van der Waals surface area contributed by atoms with E-state index in [-0.39, 0.29) is 18.6 Å². The molecule has 9 heteroatoms. The van der Waals surface area contributed by atoms with Gasteiger partial charge in [0.25, 0.3) is 0 Å². The second-order valence-electron chi connectivity index (χ2n) is 7.10. The fourth-order valence-electron chi connectivity index (χ4n) is 3.00. The van der Waals surface area contributed by atoms with Gasteiger partial charge in [-0.3, -0.25) is 5.21 Å². The average molecular weight is 338 g/mol. The molecule has 2 aliphatic heterocycles. The highest BCUT2D eigenvalue weighted by atomic mass is 16.6. The quantitative estimate of drug-likeness (QED) is 0.816. The topological polar surface area (TPSA) is 108 Å². The first-order valence-corrected chi connectivity index (χ1v) is 7.95. The van der Waals surface area contributed by atoms with Crippen molar-refractivity contribution in [1.29, 1.82) is 0 Å². The summed E-state index contributed by atoms with van der Waals surface area (Å²) in [6, 6.07) is 0.952. The van der Waals surface area contributed by atoms with E-state index in [1.807, 2.05) is 0 Å². The summed E-state index contributed by atoms with van der Waals surface area (Å²) in [4.78, 5) is 25.2. The Bertz CT molecular complexity index is 638. The second-order valence-corrected chi connectivity index (χ2v) is 7.10. The molecule has 2 bridgehead atoms. The number of hydrogen-bond acceptors (Lipinski definition) is 6. The van der Waals surface area contributed by atoms with Gasteiger partial charge in [0.15, 0.2) is 5.76 Å². The maximum absolute atomic E-state index is 12.0. The number of ether oxygens (including phenoxy) is 1. The van der Waals surface area contributed by atoms with Gasteiger partial charge < -0.3 is 19.5 Å². The maximum atomic E-state index is 12.0. The summed E-state index contributed by atoms with van der Waals surface area (Å²) >= 11 is 0. The van der Waals surface area contributed by atoms with Crippen molar-refractivity contribution in [2.45, 2.75) is 57.8 Å². The normalized spacial score (nSPS) is 23.6. The first-order chi connectivity index (χ1) is 11.2. The molecule has 0 unspecified atom stereocenters. The standard InChI is InChI=1S/C15H22N4O5/c1-15(2,3)23-13(20)16-7-10-6-11(17-24-10)12-5-4-9-8-18(12)14(21)19(9)22/h6,9,12,22H,4-5,7-8H2,1-3H3,(H,16,20)/t9-,12-/m0/s1. The SMILES string of the molecule is CC(C)(C)OC(=O)NCc1cc([C@@H]2CC[C@H]3CN2C(=O)N3O)no1. The number of nitrogens with one attached hydrogen (secondary N) is 1. The van der Waals surface area contributed by atoms with Crippen LogP contribution in [0.25, 0.3) is 0 Å². The molecule has 0 saturated carbocycles. The number of piperidine rings is 1. The monoisotopic (exact) mass is 338 g/mol. The zero-order chi connectivity index (χ0) is 17.5. The Morgan fingerprint density at radius 1 is 1.50 bits per heavy atom. The molecule has 1 aromatic rings. The molecule has 2 saturated heterocycles. The molecule has 3 heterocycles. The molecule has 0 spiro atoms. The predicted octanol–water partition coefficient (Wildman–Crippen LogP) is 2.03. The van der Waals surface area contributed by atoms with Crippen LogP contribution < -0.4 is 5.32 Å². The summed E-state index contributed by atoms with van der Waals surface area (Å²) in [6.07, 6.45) is 0.882. The van der Waals surface area contributed by atoms with E-state index in [2.05, 4.69) is 10.5 Å². The van der Waals surface area contributed by atoms with E-state index in [0.29, 0.717) is 30.8 Å².